The number of nitrogens with one attached hydrogen (secondary N) is 1. The van der Waals surface area contributed by atoms with Gasteiger partial charge in [-0.2, -0.15) is 0 Å². The predicted octanol–water partition coefficient (Wildman–Crippen LogP) is 2.92. The van der Waals surface area contributed by atoms with E-state index in [0.29, 0.717) is 26.1 Å². The molecule has 2 aliphatic rings. The molecule has 148 valence electrons. The predicted molar refractivity (Wildman–Crippen MR) is 104 cm³/mol. The lowest BCUT2D eigenvalue weighted by molar-refractivity contribution is -0.143. The maximum atomic E-state index is 12.5. The SMILES string of the molecule is CC1CCN(Cc2ccccc2CNC(=O)N2CCCC(C(=O)O)C2)CC1. The number of amides is 2. The van der Waals surface area contributed by atoms with Gasteiger partial charge in [-0.05, 0) is 55.8 Å². The van der Waals surface area contributed by atoms with E-state index in [-0.39, 0.29) is 6.03 Å². The van der Waals surface area contributed by atoms with Crippen LogP contribution in [0.3, 0.4) is 0 Å². The summed E-state index contributed by atoms with van der Waals surface area (Å²) in [4.78, 5) is 27.8. The quantitative estimate of drug-likeness (QED) is 0.832. The molecule has 1 unspecified atom stereocenters. The Bertz CT molecular complexity index is 656. The van der Waals surface area contributed by atoms with Crippen molar-refractivity contribution in [2.75, 3.05) is 26.2 Å². The molecule has 1 atom stereocenters. The summed E-state index contributed by atoms with van der Waals surface area (Å²) in [5.41, 5.74) is 2.39. The maximum absolute atomic E-state index is 12.5. The van der Waals surface area contributed by atoms with Crippen LogP contribution in [0.15, 0.2) is 24.3 Å². The summed E-state index contributed by atoms with van der Waals surface area (Å²) < 4.78 is 0. The molecular weight excluding hydrogens is 342 g/mol. The average molecular weight is 373 g/mol. The Morgan fingerprint density at radius 2 is 1.81 bits per heavy atom. The van der Waals surface area contributed by atoms with Gasteiger partial charge in [0.05, 0.1) is 5.92 Å². The first kappa shape index (κ1) is 19.7. The number of carboxylic acid groups (broad SMARTS) is 1. The molecule has 2 amide bonds. The summed E-state index contributed by atoms with van der Waals surface area (Å²) in [5, 5.41) is 12.2. The van der Waals surface area contributed by atoms with E-state index in [1.54, 1.807) is 4.90 Å². The molecular formula is C21H31N3O3. The number of likely N-dealkylation sites (tertiary alicyclic amines) is 2. The highest BCUT2D eigenvalue weighted by atomic mass is 16.4. The second kappa shape index (κ2) is 9.22. The van der Waals surface area contributed by atoms with E-state index in [2.05, 4.69) is 35.3 Å². The minimum atomic E-state index is -0.811. The summed E-state index contributed by atoms with van der Waals surface area (Å²) in [6.45, 7) is 6.91. The fourth-order valence-electron chi connectivity index (χ4n) is 3.99. The zero-order chi connectivity index (χ0) is 19.2. The maximum Gasteiger partial charge on any atom is 0.317 e. The fraction of sp³-hybridized carbons (Fsp3) is 0.619. The normalized spacial score (nSPS) is 21.8. The number of carboxylic acids is 1. The number of hydrogen-bond donors (Lipinski definition) is 2. The van der Waals surface area contributed by atoms with E-state index < -0.39 is 11.9 Å². The lowest BCUT2D eigenvalue weighted by Crippen LogP contribution is -2.46. The van der Waals surface area contributed by atoms with Gasteiger partial charge in [-0.25, -0.2) is 4.79 Å². The van der Waals surface area contributed by atoms with Crippen LogP contribution in [0, 0.1) is 11.8 Å². The van der Waals surface area contributed by atoms with Crippen molar-refractivity contribution in [3.05, 3.63) is 35.4 Å². The Kier molecular flexibility index (Phi) is 6.72. The second-order valence-electron chi connectivity index (χ2n) is 8.01. The molecule has 1 aromatic rings. The number of carbonyl (C=O) groups is 2. The first-order chi connectivity index (χ1) is 13.0. The Labute approximate surface area is 161 Å². The second-order valence-corrected chi connectivity index (χ2v) is 8.01. The zero-order valence-corrected chi connectivity index (χ0v) is 16.2. The first-order valence-corrected chi connectivity index (χ1v) is 10.1. The van der Waals surface area contributed by atoms with Crippen molar-refractivity contribution < 1.29 is 14.7 Å². The lowest BCUT2D eigenvalue weighted by atomic mass is 9.98. The van der Waals surface area contributed by atoms with Crippen LogP contribution < -0.4 is 5.32 Å². The van der Waals surface area contributed by atoms with Gasteiger partial charge in [0.1, 0.15) is 0 Å². The number of benzene rings is 1. The molecule has 1 aromatic carbocycles. The number of nitrogens with zero attached hydrogens (tertiary/aromatic N) is 2. The van der Waals surface area contributed by atoms with E-state index >= 15 is 0 Å². The van der Waals surface area contributed by atoms with Crippen molar-refractivity contribution in [1.29, 1.82) is 0 Å². The smallest absolute Gasteiger partial charge is 0.317 e. The molecule has 6 nitrogen and oxygen atoms in total. The molecule has 0 aliphatic carbocycles. The van der Waals surface area contributed by atoms with Crippen LogP contribution in [0.5, 0.6) is 0 Å². The van der Waals surface area contributed by atoms with Gasteiger partial charge in [0.2, 0.25) is 0 Å². The van der Waals surface area contributed by atoms with Crippen LogP contribution in [0.25, 0.3) is 0 Å². The fourth-order valence-corrected chi connectivity index (χ4v) is 3.99. The van der Waals surface area contributed by atoms with Gasteiger partial charge in [-0.3, -0.25) is 9.69 Å². The lowest BCUT2D eigenvalue weighted by Gasteiger charge is -2.31. The van der Waals surface area contributed by atoms with Gasteiger partial charge in [0, 0.05) is 26.2 Å². The van der Waals surface area contributed by atoms with Crippen LogP contribution >= 0.6 is 0 Å². The Balaban J connectivity index is 1.54. The molecule has 0 bridgehead atoms. The molecule has 2 heterocycles. The van der Waals surface area contributed by atoms with Crippen LogP contribution in [-0.2, 0) is 17.9 Å². The molecule has 0 radical (unpaired) electrons. The molecule has 2 fully saturated rings. The molecule has 0 aromatic heterocycles. The van der Waals surface area contributed by atoms with Crippen molar-refractivity contribution in [1.82, 2.24) is 15.1 Å². The van der Waals surface area contributed by atoms with Crippen molar-refractivity contribution in [3.8, 4) is 0 Å². The molecule has 0 spiro atoms. The first-order valence-electron chi connectivity index (χ1n) is 10.1. The van der Waals surface area contributed by atoms with Crippen molar-refractivity contribution >= 4 is 12.0 Å². The average Bonchev–Trinajstić information content (AvgIpc) is 2.69. The molecule has 3 rings (SSSR count). The monoisotopic (exact) mass is 373 g/mol. The molecule has 2 N–H and O–H groups in total. The van der Waals surface area contributed by atoms with Crippen LogP contribution in [-0.4, -0.2) is 53.1 Å². The number of urea groups is 1. The minimum absolute atomic E-state index is 0.164. The highest BCUT2D eigenvalue weighted by Crippen LogP contribution is 2.20. The van der Waals surface area contributed by atoms with E-state index in [1.807, 2.05) is 6.07 Å². The van der Waals surface area contributed by atoms with Crippen molar-refractivity contribution in [2.45, 2.75) is 45.7 Å². The van der Waals surface area contributed by atoms with Crippen molar-refractivity contribution in [2.24, 2.45) is 11.8 Å². The number of aliphatic carboxylic acids is 1. The summed E-state index contributed by atoms with van der Waals surface area (Å²) in [6.07, 6.45) is 3.89. The summed E-state index contributed by atoms with van der Waals surface area (Å²) in [5.74, 6) is -0.443. The number of rotatable bonds is 5. The van der Waals surface area contributed by atoms with Gasteiger partial charge in [0.15, 0.2) is 0 Å². The molecule has 2 saturated heterocycles. The number of hydrogen-bond acceptors (Lipinski definition) is 3. The standard InChI is InChI=1S/C21H31N3O3/c1-16-8-11-23(12-9-16)14-18-6-3-2-5-17(18)13-22-21(27)24-10-4-7-19(15-24)20(25)26/h2-3,5-6,16,19H,4,7-15H2,1H3,(H,22,27)(H,25,26). The number of carbonyl (C=O) groups excluding carboxylic acids is 1. The van der Waals surface area contributed by atoms with Gasteiger partial charge in [-0.15, -0.1) is 0 Å². The highest BCUT2D eigenvalue weighted by Gasteiger charge is 2.28. The third kappa shape index (κ3) is 5.45. The van der Waals surface area contributed by atoms with Gasteiger partial charge in [-0.1, -0.05) is 31.2 Å². The third-order valence-electron chi connectivity index (χ3n) is 5.88. The van der Waals surface area contributed by atoms with Crippen LogP contribution in [0.2, 0.25) is 0 Å². The highest BCUT2D eigenvalue weighted by molar-refractivity contribution is 5.76. The van der Waals surface area contributed by atoms with E-state index in [1.165, 1.54) is 18.4 Å². The topological polar surface area (TPSA) is 72.9 Å². The van der Waals surface area contributed by atoms with Crippen LogP contribution in [0.1, 0.15) is 43.7 Å². The Morgan fingerprint density at radius 3 is 2.52 bits per heavy atom. The number of piperidine rings is 2. The minimum Gasteiger partial charge on any atom is -0.481 e. The van der Waals surface area contributed by atoms with E-state index in [4.69, 9.17) is 0 Å². The zero-order valence-electron chi connectivity index (χ0n) is 16.2. The van der Waals surface area contributed by atoms with Gasteiger partial charge in [0.25, 0.3) is 0 Å². The van der Waals surface area contributed by atoms with E-state index in [9.17, 15) is 14.7 Å². The third-order valence-corrected chi connectivity index (χ3v) is 5.88. The Hall–Kier alpha value is -2.08. The van der Waals surface area contributed by atoms with Gasteiger partial charge >= 0.3 is 12.0 Å². The molecule has 2 aliphatic heterocycles. The summed E-state index contributed by atoms with van der Waals surface area (Å²) in [7, 11) is 0. The van der Waals surface area contributed by atoms with Gasteiger partial charge < -0.3 is 15.3 Å². The van der Waals surface area contributed by atoms with Crippen LogP contribution in [0.4, 0.5) is 4.79 Å². The molecule has 0 saturated carbocycles. The molecule has 6 heteroatoms. The largest absolute Gasteiger partial charge is 0.481 e. The Morgan fingerprint density at radius 1 is 1.11 bits per heavy atom. The summed E-state index contributed by atoms with van der Waals surface area (Å²) >= 11 is 0. The van der Waals surface area contributed by atoms with Crippen molar-refractivity contribution in [3.63, 3.8) is 0 Å². The van der Waals surface area contributed by atoms with E-state index in [0.717, 1.165) is 37.5 Å². The summed E-state index contributed by atoms with van der Waals surface area (Å²) in [6, 6.07) is 8.10. The molecule has 27 heavy (non-hydrogen) atoms.